The van der Waals surface area contributed by atoms with Crippen LogP contribution in [-0.4, -0.2) is 18.6 Å². The van der Waals surface area contributed by atoms with Gasteiger partial charge in [-0.05, 0) is 38.5 Å². The fourth-order valence-electron chi connectivity index (χ4n) is 1.20. The van der Waals surface area contributed by atoms with E-state index in [4.69, 9.17) is 4.74 Å². The molecule has 0 radical (unpaired) electrons. The number of hydrogen-bond acceptors (Lipinski definition) is 3. The van der Waals surface area contributed by atoms with Crippen LogP contribution in [0.3, 0.4) is 0 Å². The maximum Gasteiger partial charge on any atom is 0.0963 e. The second kappa shape index (κ2) is 6.28. The molecule has 0 bridgehead atoms. The highest BCUT2D eigenvalue weighted by atomic mass is 32.2. The van der Waals surface area contributed by atoms with Gasteiger partial charge < -0.3 is 10.1 Å². The van der Waals surface area contributed by atoms with Gasteiger partial charge in [-0.2, -0.15) is 0 Å². The molecule has 1 aromatic carbocycles. The predicted molar refractivity (Wildman–Crippen MR) is 70.8 cm³/mol. The minimum Gasteiger partial charge on any atom is -0.374 e. The Morgan fingerprint density at radius 2 is 1.81 bits per heavy atom. The van der Waals surface area contributed by atoms with E-state index in [0.29, 0.717) is 5.94 Å². The zero-order valence-electron chi connectivity index (χ0n) is 10.5. The number of hydrogen-bond donors (Lipinski definition) is 1. The third-order valence-electron chi connectivity index (χ3n) is 2.09. The summed E-state index contributed by atoms with van der Waals surface area (Å²) < 4.78 is 5.02. The van der Waals surface area contributed by atoms with Crippen molar-refractivity contribution in [1.29, 1.82) is 0 Å². The van der Waals surface area contributed by atoms with Gasteiger partial charge in [0.2, 0.25) is 0 Å². The highest BCUT2D eigenvalue weighted by Gasteiger charge is 2.07. The number of benzene rings is 1. The van der Waals surface area contributed by atoms with Gasteiger partial charge in [0.25, 0.3) is 0 Å². The second-order valence-corrected chi connectivity index (χ2v) is 5.79. The Labute approximate surface area is 103 Å². The van der Waals surface area contributed by atoms with Crippen molar-refractivity contribution in [1.82, 2.24) is 5.32 Å². The highest BCUT2D eigenvalue weighted by Crippen LogP contribution is 2.18. The van der Waals surface area contributed by atoms with Crippen molar-refractivity contribution in [3.05, 3.63) is 29.8 Å². The van der Waals surface area contributed by atoms with Crippen LogP contribution in [0.15, 0.2) is 29.2 Å². The fourth-order valence-corrected chi connectivity index (χ4v) is 1.78. The molecule has 0 spiro atoms. The largest absolute Gasteiger partial charge is 0.374 e. The summed E-state index contributed by atoms with van der Waals surface area (Å²) in [7, 11) is 1.72. The molecule has 0 fully saturated rings. The Morgan fingerprint density at radius 1 is 1.19 bits per heavy atom. The first-order chi connectivity index (χ1) is 7.51. The van der Waals surface area contributed by atoms with Crippen LogP contribution >= 0.6 is 11.8 Å². The standard InChI is InChI=1S/C13H21NOS/c1-13(2,3)14-9-11-5-7-12(8-6-11)16-10-15-4/h5-8,14H,9-10H2,1-4H3. The Morgan fingerprint density at radius 3 is 2.31 bits per heavy atom. The van der Waals surface area contributed by atoms with Crippen LogP contribution in [0, 0.1) is 0 Å². The van der Waals surface area contributed by atoms with E-state index in [-0.39, 0.29) is 5.54 Å². The molecule has 90 valence electrons. The summed E-state index contributed by atoms with van der Waals surface area (Å²) >= 11 is 1.71. The first kappa shape index (κ1) is 13.6. The lowest BCUT2D eigenvalue weighted by molar-refractivity contribution is 0.259. The topological polar surface area (TPSA) is 21.3 Å². The van der Waals surface area contributed by atoms with E-state index < -0.39 is 0 Å². The minimum atomic E-state index is 0.170. The average molecular weight is 239 g/mol. The van der Waals surface area contributed by atoms with Crippen molar-refractivity contribution in [2.45, 2.75) is 37.8 Å². The van der Waals surface area contributed by atoms with Crippen LogP contribution in [0.1, 0.15) is 26.3 Å². The molecule has 0 aliphatic heterocycles. The zero-order chi connectivity index (χ0) is 12.0. The first-order valence-corrected chi connectivity index (χ1v) is 6.45. The zero-order valence-corrected chi connectivity index (χ0v) is 11.4. The van der Waals surface area contributed by atoms with Crippen molar-refractivity contribution in [2.75, 3.05) is 13.0 Å². The van der Waals surface area contributed by atoms with Crippen LogP contribution < -0.4 is 5.32 Å². The van der Waals surface area contributed by atoms with Gasteiger partial charge >= 0.3 is 0 Å². The summed E-state index contributed by atoms with van der Waals surface area (Å²) in [4.78, 5) is 1.25. The summed E-state index contributed by atoms with van der Waals surface area (Å²) in [6.45, 7) is 7.44. The molecule has 0 amide bonds. The summed E-state index contributed by atoms with van der Waals surface area (Å²) in [6, 6.07) is 8.61. The van der Waals surface area contributed by atoms with Crippen molar-refractivity contribution in [3.8, 4) is 0 Å². The number of rotatable bonds is 5. The highest BCUT2D eigenvalue weighted by molar-refractivity contribution is 7.99. The SMILES string of the molecule is COCSc1ccc(CNC(C)(C)C)cc1. The molecule has 0 saturated heterocycles. The van der Waals surface area contributed by atoms with E-state index in [0.717, 1.165) is 6.54 Å². The lowest BCUT2D eigenvalue weighted by Crippen LogP contribution is -2.35. The Balaban J connectivity index is 2.45. The maximum atomic E-state index is 5.02. The molecule has 3 heteroatoms. The lowest BCUT2D eigenvalue weighted by Gasteiger charge is -2.20. The second-order valence-electron chi connectivity index (χ2n) is 4.80. The van der Waals surface area contributed by atoms with Gasteiger partial charge in [0.1, 0.15) is 0 Å². The number of ether oxygens (including phenoxy) is 1. The summed E-state index contributed by atoms with van der Waals surface area (Å²) in [5.41, 5.74) is 1.49. The Bertz CT molecular complexity index is 303. The van der Waals surface area contributed by atoms with E-state index in [1.807, 2.05) is 0 Å². The monoisotopic (exact) mass is 239 g/mol. The molecule has 1 N–H and O–H groups in total. The molecule has 16 heavy (non-hydrogen) atoms. The first-order valence-electron chi connectivity index (χ1n) is 5.47. The third kappa shape index (κ3) is 5.54. The van der Waals surface area contributed by atoms with Gasteiger partial charge in [-0.3, -0.25) is 0 Å². The van der Waals surface area contributed by atoms with E-state index in [2.05, 4.69) is 50.4 Å². The fraction of sp³-hybridized carbons (Fsp3) is 0.538. The summed E-state index contributed by atoms with van der Waals surface area (Å²) in [5, 5.41) is 3.47. The van der Waals surface area contributed by atoms with Gasteiger partial charge in [-0.1, -0.05) is 23.9 Å². The quantitative estimate of drug-likeness (QED) is 0.629. The van der Waals surface area contributed by atoms with Gasteiger partial charge in [0.05, 0.1) is 5.94 Å². The molecule has 0 aliphatic rings. The van der Waals surface area contributed by atoms with Crippen molar-refractivity contribution < 1.29 is 4.74 Å². The molecule has 0 aliphatic carbocycles. The Kier molecular flexibility index (Phi) is 5.32. The van der Waals surface area contributed by atoms with Crippen LogP contribution in [0.5, 0.6) is 0 Å². The minimum absolute atomic E-state index is 0.170. The van der Waals surface area contributed by atoms with E-state index in [9.17, 15) is 0 Å². The molecule has 1 aromatic rings. The molecular weight excluding hydrogens is 218 g/mol. The van der Waals surface area contributed by atoms with Crippen molar-refractivity contribution in [2.24, 2.45) is 0 Å². The molecular formula is C13H21NOS. The molecule has 0 unspecified atom stereocenters. The Hall–Kier alpha value is -0.510. The van der Waals surface area contributed by atoms with E-state index in [1.165, 1.54) is 10.5 Å². The van der Waals surface area contributed by atoms with E-state index >= 15 is 0 Å². The molecule has 2 nitrogen and oxygen atoms in total. The van der Waals surface area contributed by atoms with Crippen molar-refractivity contribution in [3.63, 3.8) is 0 Å². The van der Waals surface area contributed by atoms with Gasteiger partial charge in [0, 0.05) is 24.1 Å². The number of methoxy groups -OCH3 is 1. The number of thioether (sulfide) groups is 1. The molecule has 0 aromatic heterocycles. The average Bonchev–Trinajstić information content (AvgIpc) is 2.24. The smallest absolute Gasteiger partial charge is 0.0963 e. The van der Waals surface area contributed by atoms with Gasteiger partial charge in [-0.15, -0.1) is 0 Å². The molecule has 0 heterocycles. The van der Waals surface area contributed by atoms with Gasteiger partial charge in [-0.25, -0.2) is 0 Å². The van der Waals surface area contributed by atoms with Crippen LogP contribution in [0.4, 0.5) is 0 Å². The molecule has 1 rings (SSSR count). The summed E-state index contributed by atoms with van der Waals surface area (Å²) in [6.07, 6.45) is 0. The molecule has 0 saturated carbocycles. The van der Waals surface area contributed by atoms with Crippen LogP contribution in [0.25, 0.3) is 0 Å². The number of nitrogens with one attached hydrogen (secondary N) is 1. The van der Waals surface area contributed by atoms with Crippen LogP contribution in [0.2, 0.25) is 0 Å². The van der Waals surface area contributed by atoms with Gasteiger partial charge in [0.15, 0.2) is 0 Å². The molecule has 0 atom stereocenters. The van der Waals surface area contributed by atoms with Crippen LogP contribution in [-0.2, 0) is 11.3 Å². The lowest BCUT2D eigenvalue weighted by atomic mass is 10.1. The predicted octanol–water partition coefficient (Wildman–Crippen LogP) is 3.27. The van der Waals surface area contributed by atoms with E-state index in [1.54, 1.807) is 18.9 Å². The van der Waals surface area contributed by atoms with Crippen molar-refractivity contribution >= 4 is 11.8 Å². The third-order valence-corrected chi connectivity index (χ3v) is 3.05. The summed E-state index contributed by atoms with van der Waals surface area (Å²) in [5.74, 6) is 0.708. The normalized spacial score (nSPS) is 11.8. The maximum absolute atomic E-state index is 5.02.